The highest BCUT2D eigenvalue weighted by molar-refractivity contribution is 5.91. The molecule has 0 saturated carbocycles. The van der Waals surface area contributed by atoms with E-state index < -0.39 is 0 Å². The SMILES string of the molecule is Cc1nn(C)c(C)c1C(C)NC(=O)Nc1ccccc1OC(C)C. The lowest BCUT2D eigenvalue weighted by Gasteiger charge is -2.18. The Morgan fingerprint density at radius 3 is 2.46 bits per heavy atom. The van der Waals surface area contributed by atoms with Crippen LogP contribution in [0.1, 0.15) is 43.8 Å². The third kappa shape index (κ3) is 4.07. The number of para-hydroxylation sites is 2. The molecule has 2 aromatic rings. The third-order valence-corrected chi connectivity index (χ3v) is 3.84. The van der Waals surface area contributed by atoms with E-state index >= 15 is 0 Å². The number of carbonyl (C=O) groups is 1. The fourth-order valence-electron chi connectivity index (χ4n) is 2.77. The molecule has 0 spiro atoms. The molecule has 0 radical (unpaired) electrons. The van der Waals surface area contributed by atoms with E-state index in [1.54, 1.807) is 0 Å². The van der Waals surface area contributed by atoms with Gasteiger partial charge < -0.3 is 15.4 Å². The molecule has 6 nitrogen and oxygen atoms in total. The van der Waals surface area contributed by atoms with Crippen molar-refractivity contribution in [2.24, 2.45) is 7.05 Å². The van der Waals surface area contributed by atoms with Gasteiger partial charge in [0, 0.05) is 18.3 Å². The topological polar surface area (TPSA) is 68.2 Å². The van der Waals surface area contributed by atoms with Crippen LogP contribution >= 0.6 is 0 Å². The molecule has 1 aromatic heterocycles. The second-order valence-corrected chi connectivity index (χ2v) is 6.19. The average molecular weight is 330 g/mol. The maximum absolute atomic E-state index is 12.4. The van der Waals surface area contributed by atoms with E-state index in [4.69, 9.17) is 4.74 Å². The molecule has 1 aromatic carbocycles. The van der Waals surface area contributed by atoms with Crippen LogP contribution in [0.25, 0.3) is 0 Å². The van der Waals surface area contributed by atoms with Crippen LogP contribution in [0.3, 0.4) is 0 Å². The molecule has 1 unspecified atom stereocenters. The maximum Gasteiger partial charge on any atom is 0.319 e. The average Bonchev–Trinajstić information content (AvgIpc) is 2.73. The second-order valence-electron chi connectivity index (χ2n) is 6.19. The third-order valence-electron chi connectivity index (χ3n) is 3.84. The lowest BCUT2D eigenvalue weighted by molar-refractivity contribution is 0.241. The number of hydrogen-bond donors (Lipinski definition) is 2. The van der Waals surface area contributed by atoms with Crippen molar-refractivity contribution in [2.45, 2.75) is 46.8 Å². The highest BCUT2D eigenvalue weighted by atomic mass is 16.5. The van der Waals surface area contributed by atoms with Crippen LogP contribution in [-0.2, 0) is 7.05 Å². The fraction of sp³-hybridized carbons (Fsp3) is 0.444. The molecule has 0 fully saturated rings. The van der Waals surface area contributed by atoms with Gasteiger partial charge in [0.1, 0.15) is 5.75 Å². The summed E-state index contributed by atoms with van der Waals surface area (Å²) in [5.74, 6) is 0.657. The number of amides is 2. The number of ether oxygens (including phenoxy) is 1. The van der Waals surface area contributed by atoms with Gasteiger partial charge in [-0.15, -0.1) is 0 Å². The number of rotatable bonds is 5. The summed E-state index contributed by atoms with van der Waals surface area (Å²) in [6, 6.07) is 6.99. The lowest BCUT2D eigenvalue weighted by Crippen LogP contribution is -2.31. The number of aromatic nitrogens is 2. The van der Waals surface area contributed by atoms with Gasteiger partial charge in [0.15, 0.2) is 0 Å². The summed E-state index contributed by atoms with van der Waals surface area (Å²) in [6.45, 7) is 9.80. The Morgan fingerprint density at radius 1 is 1.21 bits per heavy atom. The van der Waals surface area contributed by atoms with Gasteiger partial charge in [-0.05, 0) is 46.8 Å². The van der Waals surface area contributed by atoms with Gasteiger partial charge in [-0.1, -0.05) is 12.1 Å². The number of hydrogen-bond acceptors (Lipinski definition) is 3. The van der Waals surface area contributed by atoms with Crippen LogP contribution in [0.15, 0.2) is 24.3 Å². The number of anilines is 1. The van der Waals surface area contributed by atoms with E-state index in [0.29, 0.717) is 11.4 Å². The quantitative estimate of drug-likeness (QED) is 0.878. The molecule has 0 aliphatic rings. The molecule has 0 saturated heterocycles. The molecule has 2 rings (SSSR count). The summed E-state index contributed by atoms with van der Waals surface area (Å²) in [5, 5.41) is 10.2. The summed E-state index contributed by atoms with van der Waals surface area (Å²) in [7, 11) is 1.90. The van der Waals surface area contributed by atoms with Gasteiger partial charge >= 0.3 is 6.03 Å². The predicted molar refractivity (Wildman–Crippen MR) is 95.5 cm³/mol. The molecular weight excluding hydrogens is 304 g/mol. The van der Waals surface area contributed by atoms with Crippen molar-refractivity contribution in [3.63, 3.8) is 0 Å². The summed E-state index contributed by atoms with van der Waals surface area (Å²) < 4.78 is 7.55. The second kappa shape index (κ2) is 7.38. The maximum atomic E-state index is 12.4. The molecule has 24 heavy (non-hydrogen) atoms. The van der Waals surface area contributed by atoms with Crippen molar-refractivity contribution in [2.75, 3.05) is 5.32 Å². The largest absolute Gasteiger partial charge is 0.489 e. The first-order chi connectivity index (χ1) is 11.3. The van der Waals surface area contributed by atoms with E-state index in [9.17, 15) is 4.79 Å². The number of urea groups is 1. The minimum Gasteiger partial charge on any atom is -0.489 e. The van der Waals surface area contributed by atoms with Crippen molar-refractivity contribution < 1.29 is 9.53 Å². The molecule has 1 atom stereocenters. The van der Waals surface area contributed by atoms with Crippen molar-refractivity contribution in [1.29, 1.82) is 0 Å². The highest BCUT2D eigenvalue weighted by Crippen LogP contribution is 2.25. The summed E-state index contributed by atoms with van der Waals surface area (Å²) in [4.78, 5) is 12.4. The van der Waals surface area contributed by atoms with Crippen molar-refractivity contribution in [3.05, 3.63) is 41.2 Å². The van der Waals surface area contributed by atoms with Crippen LogP contribution in [0, 0.1) is 13.8 Å². The summed E-state index contributed by atoms with van der Waals surface area (Å²) >= 11 is 0. The molecule has 130 valence electrons. The van der Waals surface area contributed by atoms with E-state index in [-0.39, 0.29) is 18.2 Å². The Kier molecular flexibility index (Phi) is 5.49. The normalized spacial score (nSPS) is 12.1. The monoisotopic (exact) mass is 330 g/mol. The van der Waals surface area contributed by atoms with Crippen LogP contribution < -0.4 is 15.4 Å². The van der Waals surface area contributed by atoms with E-state index in [1.807, 2.05) is 70.6 Å². The Hall–Kier alpha value is -2.50. The van der Waals surface area contributed by atoms with Crippen molar-refractivity contribution in [1.82, 2.24) is 15.1 Å². The Balaban J connectivity index is 2.08. The molecular formula is C18H26N4O2. The van der Waals surface area contributed by atoms with Crippen LogP contribution in [0.4, 0.5) is 10.5 Å². The number of nitrogens with zero attached hydrogens (tertiary/aromatic N) is 2. The molecule has 1 heterocycles. The Bertz CT molecular complexity index is 722. The van der Waals surface area contributed by atoms with Gasteiger partial charge in [-0.2, -0.15) is 5.10 Å². The van der Waals surface area contributed by atoms with Crippen LogP contribution in [-0.4, -0.2) is 21.9 Å². The standard InChI is InChI=1S/C18H26N4O2/c1-11(2)24-16-10-8-7-9-15(16)20-18(23)19-12(3)17-13(4)21-22(6)14(17)5/h7-12H,1-6H3,(H2,19,20,23). The van der Waals surface area contributed by atoms with Gasteiger partial charge in [-0.25, -0.2) is 4.79 Å². The highest BCUT2D eigenvalue weighted by Gasteiger charge is 2.18. The molecule has 0 aliphatic carbocycles. The van der Waals surface area contributed by atoms with Crippen LogP contribution in [0.5, 0.6) is 5.75 Å². The zero-order valence-electron chi connectivity index (χ0n) is 15.2. The van der Waals surface area contributed by atoms with E-state index in [2.05, 4.69) is 15.7 Å². The lowest BCUT2D eigenvalue weighted by atomic mass is 10.1. The van der Waals surface area contributed by atoms with Gasteiger partial charge in [0.25, 0.3) is 0 Å². The van der Waals surface area contributed by atoms with E-state index in [0.717, 1.165) is 17.0 Å². The van der Waals surface area contributed by atoms with Gasteiger partial charge in [0.05, 0.1) is 23.5 Å². The van der Waals surface area contributed by atoms with Gasteiger partial charge in [-0.3, -0.25) is 4.68 Å². The van der Waals surface area contributed by atoms with Crippen molar-refractivity contribution in [3.8, 4) is 5.75 Å². The zero-order chi connectivity index (χ0) is 17.9. The van der Waals surface area contributed by atoms with Crippen molar-refractivity contribution >= 4 is 11.7 Å². The zero-order valence-corrected chi connectivity index (χ0v) is 15.2. The molecule has 2 N–H and O–H groups in total. The first kappa shape index (κ1) is 17.8. The fourth-order valence-corrected chi connectivity index (χ4v) is 2.77. The Labute approximate surface area is 143 Å². The first-order valence-corrected chi connectivity index (χ1v) is 8.13. The first-order valence-electron chi connectivity index (χ1n) is 8.13. The molecule has 0 bridgehead atoms. The van der Waals surface area contributed by atoms with Crippen LogP contribution in [0.2, 0.25) is 0 Å². The van der Waals surface area contributed by atoms with Gasteiger partial charge in [0.2, 0.25) is 0 Å². The minimum atomic E-state index is -0.273. The number of nitrogens with one attached hydrogen (secondary N) is 2. The number of aryl methyl sites for hydroxylation is 2. The molecule has 2 amide bonds. The smallest absolute Gasteiger partial charge is 0.319 e. The predicted octanol–water partition coefficient (Wildman–Crippen LogP) is 3.71. The number of benzene rings is 1. The Morgan fingerprint density at radius 2 is 1.88 bits per heavy atom. The number of carbonyl (C=O) groups excluding carboxylic acids is 1. The summed E-state index contributed by atoms with van der Waals surface area (Å²) in [5.41, 5.74) is 3.66. The van der Waals surface area contributed by atoms with E-state index in [1.165, 1.54) is 0 Å². The molecule has 0 aliphatic heterocycles. The molecule has 6 heteroatoms. The minimum absolute atomic E-state index is 0.0376. The summed E-state index contributed by atoms with van der Waals surface area (Å²) in [6.07, 6.45) is 0.0376.